The maximum atomic E-state index is 11.7. The van der Waals surface area contributed by atoms with Crippen LogP contribution in [0, 0.1) is 17.8 Å². The van der Waals surface area contributed by atoms with Gasteiger partial charge in [-0.3, -0.25) is 4.79 Å². The van der Waals surface area contributed by atoms with Crippen LogP contribution in [0.25, 0.3) is 0 Å². The molecule has 18 heavy (non-hydrogen) atoms. The lowest BCUT2D eigenvalue weighted by Gasteiger charge is -2.44. The summed E-state index contributed by atoms with van der Waals surface area (Å²) in [4.78, 5) is 11.7. The second-order valence-electron chi connectivity index (χ2n) is 5.94. The van der Waals surface area contributed by atoms with Crippen molar-refractivity contribution in [2.24, 2.45) is 17.8 Å². The number of hydrogen-bond acceptors (Lipinski definition) is 3. The molecule has 2 N–H and O–H groups in total. The van der Waals surface area contributed by atoms with Gasteiger partial charge in [-0.15, -0.1) is 0 Å². The fourth-order valence-corrected chi connectivity index (χ4v) is 3.89. The molecule has 3 aliphatic rings. The number of carbonyl (C=O) groups excluding carboxylic acids is 1. The lowest BCUT2D eigenvalue weighted by Crippen LogP contribution is -2.43. The van der Waals surface area contributed by atoms with Crippen LogP contribution in [0.1, 0.15) is 32.6 Å². The zero-order valence-electron chi connectivity index (χ0n) is 10.7. The second kappa shape index (κ2) is 4.32. The number of allylic oxidation sites excluding steroid dienone is 4. The van der Waals surface area contributed by atoms with Gasteiger partial charge in [0.2, 0.25) is 0 Å². The van der Waals surface area contributed by atoms with E-state index in [0.717, 1.165) is 12.0 Å². The van der Waals surface area contributed by atoms with E-state index >= 15 is 0 Å². The molecule has 0 aliphatic heterocycles. The van der Waals surface area contributed by atoms with E-state index in [9.17, 15) is 15.0 Å². The molecule has 3 aliphatic carbocycles. The topological polar surface area (TPSA) is 57.5 Å². The molecule has 0 unspecified atom stereocenters. The molecule has 0 heterocycles. The largest absolute Gasteiger partial charge is 0.390 e. The molecule has 0 amide bonds. The van der Waals surface area contributed by atoms with Crippen LogP contribution in [0.3, 0.4) is 0 Å². The van der Waals surface area contributed by atoms with Crippen molar-refractivity contribution in [2.45, 2.75) is 44.8 Å². The van der Waals surface area contributed by atoms with Crippen molar-refractivity contribution in [3.8, 4) is 0 Å². The minimum Gasteiger partial charge on any atom is -0.390 e. The van der Waals surface area contributed by atoms with Crippen LogP contribution in [0.15, 0.2) is 23.3 Å². The summed E-state index contributed by atoms with van der Waals surface area (Å²) in [7, 11) is 0. The predicted molar refractivity (Wildman–Crippen MR) is 67.8 cm³/mol. The third-order valence-corrected chi connectivity index (χ3v) is 4.99. The molecule has 0 aromatic rings. The van der Waals surface area contributed by atoms with E-state index in [-0.39, 0.29) is 5.78 Å². The molecule has 3 heteroatoms. The molecule has 1 saturated carbocycles. The van der Waals surface area contributed by atoms with Crippen molar-refractivity contribution >= 4 is 5.78 Å². The number of aliphatic hydroxyl groups excluding tert-OH is 2. The van der Waals surface area contributed by atoms with E-state index < -0.39 is 12.2 Å². The Labute approximate surface area is 107 Å². The Kier molecular flexibility index (Phi) is 2.91. The van der Waals surface area contributed by atoms with Crippen molar-refractivity contribution in [1.29, 1.82) is 0 Å². The third kappa shape index (κ3) is 1.77. The van der Waals surface area contributed by atoms with E-state index in [2.05, 4.69) is 12.2 Å². The Morgan fingerprint density at radius 2 is 1.94 bits per heavy atom. The van der Waals surface area contributed by atoms with Gasteiger partial charge in [0.25, 0.3) is 0 Å². The van der Waals surface area contributed by atoms with Crippen LogP contribution in [-0.4, -0.2) is 28.2 Å². The lowest BCUT2D eigenvalue weighted by molar-refractivity contribution is -0.116. The summed E-state index contributed by atoms with van der Waals surface area (Å²) >= 11 is 0. The van der Waals surface area contributed by atoms with Gasteiger partial charge >= 0.3 is 0 Å². The normalized spacial score (nSPS) is 43.7. The Bertz CT molecular complexity index is 435. The minimum atomic E-state index is -0.600. The van der Waals surface area contributed by atoms with E-state index in [0.29, 0.717) is 37.0 Å². The Hall–Kier alpha value is -0.930. The lowest BCUT2D eigenvalue weighted by atomic mass is 9.62. The van der Waals surface area contributed by atoms with Gasteiger partial charge in [-0.1, -0.05) is 12.2 Å². The molecule has 0 radical (unpaired) electrons. The zero-order valence-corrected chi connectivity index (χ0v) is 10.7. The molecule has 0 bridgehead atoms. The highest BCUT2D eigenvalue weighted by Crippen LogP contribution is 2.47. The summed E-state index contributed by atoms with van der Waals surface area (Å²) in [5.74, 6) is 1.42. The number of carbonyl (C=O) groups is 1. The van der Waals surface area contributed by atoms with Crippen LogP contribution >= 0.6 is 0 Å². The SMILES string of the molecule is CC1=C2C=C[C@H]3C[C@H](O)[C@H](O)C[C@@H]3[C@@H]2CCC1=O. The maximum Gasteiger partial charge on any atom is 0.158 e. The van der Waals surface area contributed by atoms with Gasteiger partial charge in [0.15, 0.2) is 5.78 Å². The molecular weight excluding hydrogens is 228 g/mol. The van der Waals surface area contributed by atoms with Crippen molar-refractivity contribution in [3.05, 3.63) is 23.3 Å². The summed E-state index contributed by atoms with van der Waals surface area (Å²) in [5.41, 5.74) is 2.08. The average Bonchev–Trinajstić information content (AvgIpc) is 2.35. The molecule has 0 aromatic heterocycles. The van der Waals surface area contributed by atoms with E-state index in [1.165, 1.54) is 5.57 Å². The molecule has 0 aromatic carbocycles. The van der Waals surface area contributed by atoms with Crippen LogP contribution in [0.4, 0.5) is 0 Å². The summed E-state index contributed by atoms with van der Waals surface area (Å²) in [6.45, 7) is 1.92. The van der Waals surface area contributed by atoms with Gasteiger partial charge < -0.3 is 10.2 Å². The first kappa shape index (κ1) is 12.1. The Morgan fingerprint density at radius 1 is 1.22 bits per heavy atom. The van der Waals surface area contributed by atoms with Gasteiger partial charge in [-0.25, -0.2) is 0 Å². The smallest absolute Gasteiger partial charge is 0.158 e. The molecule has 3 nitrogen and oxygen atoms in total. The first-order valence-electron chi connectivity index (χ1n) is 6.86. The van der Waals surface area contributed by atoms with Crippen molar-refractivity contribution in [2.75, 3.05) is 0 Å². The van der Waals surface area contributed by atoms with Crippen LogP contribution in [0.5, 0.6) is 0 Å². The van der Waals surface area contributed by atoms with E-state index in [4.69, 9.17) is 0 Å². The van der Waals surface area contributed by atoms with Gasteiger partial charge in [-0.05, 0) is 55.1 Å². The highest BCUT2D eigenvalue weighted by Gasteiger charge is 2.42. The zero-order chi connectivity index (χ0) is 12.9. The van der Waals surface area contributed by atoms with Crippen molar-refractivity contribution < 1.29 is 15.0 Å². The minimum absolute atomic E-state index is 0.265. The number of hydrogen-bond donors (Lipinski definition) is 2. The van der Waals surface area contributed by atoms with Gasteiger partial charge in [0.1, 0.15) is 0 Å². The highest BCUT2D eigenvalue weighted by molar-refractivity contribution is 5.97. The summed E-state index contributed by atoms with van der Waals surface area (Å²) < 4.78 is 0. The quantitative estimate of drug-likeness (QED) is 0.684. The number of ketones is 1. The van der Waals surface area contributed by atoms with Gasteiger partial charge in [0.05, 0.1) is 12.2 Å². The average molecular weight is 248 g/mol. The van der Waals surface area contributed by atoms with Gasteiger partial charge in [-0.2, -0.15) is 0 Å². The second-order valence-corrected chi connectivity index (χ2v) is 5.94. The Balaban J connectivity index is 1.95. The predicted octanol–water partition coefficient (Wildman–Crippen LogP) is 1.60. The monoisotopic (exact) mass is 248 g/mol. The number of fused-ring (bicyclic) bond motifs is 3. The molecule has 1 fully saturated rings. The molecule has 5 atom stereocenters. The summed E-state index contributed by atoms with van der Waals surface area (Å²) in [6, 6.07) is 0. The maximum absolute atomic E-state index is 11.7. The van der Waals surface area contributed by atoms with Gasteiger partial charge in [0, 0.05) is 6.42 Å². The highest BCUT2D eigenvalue weighted by atomic mass is 16.3. The molecular formula is C15H20O3. The fourth-order valence-electron chi connectivity index (χ4n) is 3.89. The first-order valence-corrected chi connectivity index (χ1v) is 6.86. The van der Waals surface area contributed by atoms with Crippen LogP contribution < -0.4 is 0 Å². The molecule has 0 saturated heterocycles. The molecule has 3 rings (SSSR count). The van der Waals surface area contributed by atoms with E-state index in [1.807, 2.05) is 6.92 Å². The Morgan fingerprint density at radius 3 is 2.72 bits per heavy atom. The summed E-state index contributed by atoms with van der Waals surface area (Å²) in [5, 5.41) is 19.6. The summed E-state index contributed by atoms with van der Waals surface area (Å²) in [6.07, 6.45) is 5.88. The number of Topliss-reactive ketones (excluding diaryl/α,β-unsaturated/α-hetero) is 1. The van der Waals surface area contributed by atoms with Crippen LogP contribution in [0.2, 0.25) is 0 Å². The van der Waals surface area contributed by atoms with Crippen molar-refractivity contribution in [3.63, 3.8) is 0 Å². The number of aliphatic hydroxyl groups is 2. The number of rotatable bonds is 0. The third-order valence-electron chi connectivity index (χ3n) is 4.99. The first-order chi connectivity index (χ1) is 8.58. The fraction of sp³-hybridized carbons (Fsp3) is 0.667. The standard InChI is InChI=1S/C15H20O3/c1-8-10-3-2-9-6-14(17)15(18)7-12(9)11(10)4-5-13(8)16/h2-3,9,11-12,14-15,17-18H,4-7H2,1H3/t9-,11+,12-,14-,15+/m0/s1. The molecule has 0 spiro atoms. The molecule has 98 valence electrons. The van der Waals surface area contributed by atoms with Crippen LogP contribution in [-0.2, 0) is 4.79 Å². The van der Waals surface area contributed by atoms with E-state index in [1.54, 1.807) is 0 Å². The van der Waals surface area contributed by atoms with Crippen molar-refractivity contribution in [1.82, 2.24) is 0 Å².